The molecular weight excluding hydrogens is 689 g/mol. The summed E-state index contributed by atoms with van der Waals surface area (Å²) in [7, 11) is 1.49. The van der Waals surface area contributed by atoms with E-state index in [-0.39, 0.29) is 25.6 Å². The second-order valence-electron chi connectivity index (χ2n) is 16.5. The summed E-state index contributed by atoms with van der Waals surface area (Å²) < 4.78 is 34.3. The van der Waals surface area contributed by atoms with Gasteiger partial charge in [0.15, 0.2) is 6.10 Å². The number of ether oxygens (including phenoxy) is 2. The van der Waals surface area contributed by atoms with E-state index in [1.54, 1.807) is 0 Å². The van der Waals surface area contributed by atoms with Crippen LogP contribution in [0.1, 0.15) is 213 Å². The van der Waals surface area contributed by atoms with Gasteiger partial charge in [0.25, 0.3) is 0 Å². The van der Waals surface area contributed by atoms with E-state index in [2.05, 4.69) is 13.8 Å². The Hall–Kier alpha value is -0.990. The molecule has 1 N–H and O–H groups in total. The fraction of sp³-hybridized carbons (Fsp3) is 0.953. The average molecular weight is 777 g/mol. The molecular formula is C43H87NO8P+. The van der Waals surface area contributed by atoms with Crippen molar-refractivity contribution in [3.63, 3.8) is 0 Å². The van der Waals surface area contributed by atoms with Crippen LogP contribution in [0.2, 0.25) is 0 Å². The van der Waals surface area contributed by atoms with E-state index in [4.69, 9.17) is 18.5 Å². The van der Waals surface area contributed by atoms with Crippen molar-refractivity contribution < 1.29 is 42.1 Å². The molecule has 2 atom stereocenters. The molecule has 0 radical (unpaired) electrons. The van der Waals surface area contributed by atoms with Gasteiger partial charge in [-0.25, -0.2) is 4.57 Å². The predicted molar refractivity (Wildman–Crippen MR) is 220 cm³/mol. The summed E-state index contributed by atoms with van der Waals surface area (Å²) in [5.41, 5.74) is 0. The Labute approximate surface area is 327 Å². The Morgan fingerprint density at radius 2 is 0.849 bits per heavy atom. The smallest absolute Gasteiger partial charge is 0.462 e. The fourth-order valence-corrected chi connectivity index (χ4v) is 7.11. The zero-order valence-electron chi connectivity index (χ0n) is 35.5. The van der Waals surface area contributed by atoms with E-state index < -0.39 is 26.5 Å². The Morgan fingerprint density at radius 3 is 1.21 bits per heavy atom. The van der Waals surface area contributed by atoms with Gasteiger partial charge in [0.2, 0.25) is 0 Å². The monoisotopic (exact) mass is 777 g/mol. The third-order valence-corrected chi connectivity index (χ3v) is 10.9. The number of nitrogens with zero attached hydrogens (tertiary/aromatic N) is 1. The first-order valence-electron chi connectivity index (χ1n) is 22.3. The van der Waals surface area contributed by atoms with Crippen LogP contribution in [-0.4, -0.2) is 74.9 Å². The lowest BCUT2D eigenvalue weighted by Gasteiger charge is -2.24. The molecule has 0 saturated carbocycles. The first kappa shape index (κ1) is 52.0. The molecule has 0 rings (SSSR count). The number of carbonyl (C=O) groups is 2. The van der Waals surface area contributed by atoms with Crippen molar-refractivity contribution in [2.24, 2.45) is 0 Å². The lowest BCUT2D eigenvalue weighted by atomic mass is 10.0. The molecule has 53 heavy (non-hydrogen) atoms. The van der Waals surface area contributed by atoms with Crippen molar-refractivity contribution >= 4 is 19.8 Å². The predicted octanol–water partition coefficient (Wildman–Crippen LogP) is 12.4. The van der Waals surface area contributed by atoms with E-state index in [9.17, 15) is 19.0 Å². The van der Waals surface area contributed by atoms with Gasteiger partial charge in [0, 0.05) is 12.8 Å². The van der Waals surface area contributed by atoms with Crippen LogP contribution in [0.3, 0.4) is 0 Å². The summed E-state index contributed by atoms with van der Waals surface area (Å²) in [4.78, 5) is 35.3. The minimum Gasteiger partial charge on any atom is -0.462 e. The van der Waals surface area contributed by atoms with Gasteiger partial charge < -0.3 is 18.9 Å². The maximum atomic E-state index is 12.6. The van der Waals surface area contributed by atoms with E-state index >= 15 is 0 Å². The Kier molecular flexibility index (Phi) is 36.0. The van der Waals surface area contributed by atoms with Crippen molar-refractivity contribution in [2.75, 3.05) is 47.5 Å². The largest absolute Gasteiger partial charge is 0.472 e. The summed E-state index contributed by atoms with van der Waals surface area (Å²) in [5.74, 6) is -0.786. The molecule has 0 aromatic rings. The van der Waals surface area contributed by atoms with Crippen LogP contribution in [0.5, 0.6) is 0 Å². The Balaban J connectivity index is 4.21. The van der Waals surface area contributed by atoms with Crippen LogP contribution >= 0.6 is 7.82 Å². The molecule has 0 aliphatic heterocycles. The maximum Gasteiger partial charge on any atom is 0.472 e. The normalized spacial score (nSPS) is 13.5. The zero-order chi connectivity index (χ0) is 39.3. The van der Waals surface area contributed by atoms with Gasteiger partial charge in [0.1, 0.15) is 19.8 Å². The second kappa shape index (κ2) is 36.6. The highest BCUT2D eigenvalue weighted by Gasteiger charge is 2.27. The number of rotatable bonds is 41. The molecule has 0 amide bonds. The number of quaternary nitrogens is 1. The van der Waals surface area contributed by atoms with Gasteiger partial charge in [-0.1, -0.05) is 187 Å². The summed E-state index contributed by atoms with van der Waals surface area (Å²) in [6, 6.07) is 0. The maximum absolute atomic E-state index is 12.6. The minimum absolute atomic E-state index is 0.0366. The summed E-state index contributed by atoms with van der Waals surface area (Å²) in [6.45, 7) is 4.44. The molecule has 316 valence electrons. The van der Waals surface area contributed by atoms with Crippen LogP contribution in [0.25, 0.3) is 0 Å². The molecule has 1 unspecified atom stereocenters. The highest BCUT2D eigenvalue weighted by Crippen LogP contribution is 2.43. The summed E-state index contributed by atoms with van der Waals surface area (Å²) in [6.07, 6.45) is 35.8. The summed E-state index contributed by atoms with van der Waals surface area (Å²) >= 11 is 0. The second-order valence-corrected chi connectivity index (χ2v) is 17.9. The molecule has 0 aliphatic carbocycles. The molecule has 0 aromatic heterocycles. The van der Waals surface area contributed by atoms with Crippen molar-refractivity contribution in [3.05, 3.63) is 0 Å². The molecule has 0 aromatic carbocycles. The lowest BCUT2D eigenvalue weighted by molar-refractivity contribution is -0.870. The highest BCUT2D eigenvalue weighted by atomic mass is 31.2. The van der Waals surface area contributed by atoms with Gasteiger partial charge in [-0.3, -0.25) is 18.6 Å². The van der Waals surface area contributed by atoms with Crippen LogP contribution in [0, 0.1) is 0 Å². The van der Waals surface area contributed by atoms with Crippen molar-refractivity contribution in [2.45, 2.75) is 219 Å². The number of likely N-dealkylation sites (N-methyl/N-ethyl adjacent to an activating group) is 1. The van der Waals surface area contributed by atoms with Crippen LogP contribution in [0.15, 0.2) is 0 Å². The number of hydrogen-bond acceptors (Lipinski definition) is 7. The number of carbonyl (C=O) groups excluding carboxylic acids is 2. The number of hydrogen-bond donors (Lipinski definition) is 1. The van der Waals surface area contributed by atoms with Gasteiger partial charge in [0.05, 0.1) is 27.7 Å². The van der Waals surface area contributed by atoms with E-state index in [0.29, 0.717) is 23.9 Å². The molecule has 0 heterocycles. The molecule has 0 aliphatic rings. The molecule has 0 bridgehead atoms. The molecule has 9 nitrogen and oxygen atoms in total. The number of esters is 2. The summed E-state index contributed by atoms with van der Waals surface area (Å²) in [5, 5.41) is 0. The fourth-order valence-electron chi connectivity index (χ4n) is 6.37. The number of phosphoric ester groups is 1. The van der Waals surface area contributed by atoms with Gasteiger partial charge in [-0.05, 0) is 12.8 Å². The molecule has 0 saturated heterocycles. The van der Waals surface area contributed by atoms with Crippen molar-refractivity contribution in [3.8, 4) is 0 Å². The van der Waals surface area contributed by atoms with E-state index in [0.717, 1.165) is 32.1 Å². The quantitative estimate of drug-likeness (QED) is 0.0283. The van der Waals surface area contributed by atoms with Gasteiger partial charge in [-0.2, -0.15) is 0 Å². The van der Waals surface area contributed by atoms with Crippen molar-refractivity contribution in [1.82, 2.24) is 0 Å². The number of phosphoric acid groups is 1. The van der Waals surface area contributed by atoms with E-state index in [1.165, 1.54) is 148 Å². The topological polar surface area (TPSA) is 108 Å². The van der Waals surface area contributed by atoms with Gasteiger partial charge in [-0.15, -0.1) is 0 Å². The highest BCUT2D eigenvalue weighted by molar-refractivity contribution is 7.47. The molecule has 0 spiro atoms. The first-order valence-corrected chi connectivity index (χ1v) is 23.8. The zero-order valence-corrected chi connectivity index (χ0v) is 36.4. The van der Waals surface area contributed by atoms with Crippen LogP contribution in [0.4, 0.5) is 0 Å². The first-order chi connectivity index (χ1) is 25.5. The lowest BCUT2D eigenvalue weighted by Crippen LogP contribution is -2.37. The molecule has 0 fully saturated rings. The van der Waals surface area contributed by atoms with Gasteiger partial charge >= 0.3 is 19.8 Å². The third-order valence-electron chi connectivity index (χ3n) is 9.89. The molecule has 10 heteroatoms. The van der Waals surface area contributed by atoms with Crippen LogP contribution < -0.4 is 0 Å². The van der Waals surface area contributed by atoms with Crippen molar-refractivity contribution in [1.29, 1.82) is 0 Å². The van der Waals surface area contributed by atoms with E-state index in [1.807, 2.05) is 21.1 Å². The Bertz CT molecular complexity index is 881. The SMILES string of the molecule is CCCCCCCCCCCCCCCCCCCCCC(=O)OC[C@H](COP(=O)(O)OCC[N+](C)(C)C)OC(=O)CCCCCCCCCCCC. The minimum atomic E-state index is -4.36. The Morgan fingerprint density at radius 1 is 0.509 bits per heavy atom. The third kappa shape index (κ3) is 40.5. The number of unbranched alkanes of at least 4 members (excludes halogenated alkanes) is 27. The average Bonchev–Trinajstić information content (AvgIpc) is 3.10. The standard InChI is InChI=1S/C43H86NO8P/c1-6-8-10-12-14-16-18-19-20-21-22-23-24-25-26-28-29-31-33-35-42(45)49-39-41(40-51-53(47,48)50-38-37-44(3,4)5)52-43(46)36-34-32-30-27-17-15-13-11-9-7-2/h41H,6-40H2,1-5H3/p+1/t41-/m1/s1. The van der Waals surface area contributed by atoms with Crippen LogP contribution in [-0.2, 0) is 32.7 Å².